The molecular formula is C45H48N8O10S. The normalized spacial score (nSPS) is 17.6. The fourth-order valence-electron chi connectivity index (χ4n) is 7.86. The number of likely N-dealkylation sites (tertiary alicyclic amines) is 1. The Kier molecular flexibility index (Phi) is 14.5. The second-order valence-corrected chi connectivity index (χ2v) is 16.3. The molecule has 0 bridgehead atoms. The third-order valence-corrected chi connectivity index (χ3v) is 12.0. The van der Waals surface area contributed by atoms with Crippen LogP contribution in [0.25, 0.3) is 22.3 Å². The van der Waals surface area contributed by atoms with Gasteiger partial charge in [0.05, 0.1) is 68.8 Å². The zero-order valence-corrected chi connectivity index (χ0v) is 35.8. The molecule has 0 aliphatic carbocycles. The lowest BCUT2D eigenvalue weighted by Crippen LogP contribution is -2.54. The fourth-order valence-corrected chi connectivity index (χ4v) is 8.80. The molecule has 0 spiro atoms. The van der Waals surface area contributed by atoms with E-state index in [1.165, 1.54) is 18.1 Å². The first-order valence-electron chi connectivity index (χ1n) is 21.1. The highest BCUT2D eigenvalue weighted by atomic mass is 32.2. The number of thioether (sulfide) groups is 1. The molecule has 1 unspecified atom stereocenters. The molecule has 2 atom stereocenters. The first-order valence-corrected chi connectivity index (χ1v) is 22.1. The first-order chi connectivity index (χ1) is 31.3. The van der Waals surface area contributed by atoms with Crippen LogP contribution in [0.2, 0.25) is 0 Å². The number of nitrogens with zero attached hydrogens (tertiary/aromatic N) is 6. The Hall–Kier alpha value is -6.25. The summed E-state index contributed by atoms with van der Waals surface area (Å²) >= 11 is 1.38. The van der Waals surface area contributed by atoms with Crippen LogP contribution in [0.4, 0.5) is 5.82 Å². The Morgan fingerprint density at radius 3 is 2.27 bits per heavy atom. The van der Waals surface area contributed by atoms with Crippen LogP contribution in [0.3, 0.4) is 0 Å². The molecule has 5 amide bonds. The third kappa shape index (κ3) is 10.2. The molecular weight excluding hydrogens is 845 g/mol. The minimum Gasteiger partial charge on any atom is -0.457 e. The number of fused-ring (bicyclic) bond motifs is 2. The maximum Gasteiger partial charge on any atom is 0.263 e. The number of ether oxygens (including phenoxy) is 5. The predicted molar refractivity (Wildman–Crippen MR) is 234 cm³/mol. The Balaban J connectivity index is 0.700. The molecule has 0 radical (unpaired) electrons. The van der Waals surface area contributed by atoms with Crippen molar-refractivity contribution in [1.29, 1.82) is 0 Å². The van der Waals surface area contributed by atoms with Gasteiger partial charge < -0.3 is 34.3 Å². The summed E-state index contributed by atoms with van der Waals surface area (Å²) in [7, 11) is 0. The van der Waals surface area contributed by atoms with E-state index in [-0.39, 0.29) is 49.1 Å². The summed E-state index contributed by atoms with van der Waals surface area (Å²) in [5.41, 5.74) is 9.01. The number of piperidine rings is 2. The Morgan fingerprint density at radius 1 is 0.797 bits per heavy atom. The number of nitrogens with one attached hydrogen (secondary N) is 1. The minimum atomic E-state index is -1.01. The molecule has 18 nitrogen and oxygen atoms in total. The molecule has 3 aliphatic rings. The van der Waals surface area contributed by atoms with Gasteiger partial charge in [-0.3, -0.25) is 34.2 Å². The van der Waals surface area contributed by atoms with Gasteiger partial charge in [-0.15, -0.1) is 11.8 Å². The molecule has 2 fully saturated rings. The molecule has 3 aliphatic heterocycles. The van der Waals surface area contributed by atoms with Gasteiger partial charge in [-0.1, -0.05) is 24.3 Å². The number of aromatic nitrogens is 4. The van der Waals surface area contributed by atoms with Gasteiger partial charge in [0.25, 0.3) is 11.8 Å². The number of para-hydroxylation sites is 1. The van der Waals surface area contributed by atoms with Crippen LogP contribution in [0, 0.1) is 0 Å². The topological polar surface area (TPSA) is 220 Å². The quantitative estimate of drug-likeness (QED) is 0.0633. The second kappa shape index (κ2) is 21.0. The molecule has 334 valence electrons. The number of benzene rings is 3. The van der Waals surface area contributed by atoms with Crippen molar-refractivity contribution in [3.63, 3.8) is 0 Å². The fraction of sp³-hybridized carbons (Fsp3) is 0.378. The predicted octanol–water partition coefficient (Wildman–Crippen LogP) is 4.29. The van der Waals surface area contributed by atoms with Crippen LogP contribution < -0.4 is 15.8 Å². The first kappa shape index (κ1) is 44.4. The van der Waals surface area contributed by atoms with E-state index in [9.17, 15) is 24.0 Å². The van der Waals surface area contributed by atoms with E-state index < -0.39 is 29.7 Å². The van der Waals surface area contributed by atoms with Crippen LogP contribution in [0.15, 0.2) is 84.0 Å². The number of rotatable bonds is 20. The average molecular weight is 893 g/mol. The lowest BCUT2D eigenvalue weighted by molar-refractivity contribution is -0.138. The number of hydrogen-bond donors (Lipinski definition) is 2. The van der Waals surface area contributed by atoms with Crippen molar-refractivity contribution >= 4 is 58.1 Å². The third-order valence-electron chi connectivity index (χ3n) is 11.0. The molecule has 5 aromatic rings. The van der Waals surface area contributed by atoms with Gasteiger partial charge in [0.15, 0.2) is 5.65 Å². The Morgan fingerprint density at radius 2 is 1.52 bits per heavy atom. The summed E-state index contributed by atoms with van der Waals surface area (Å²) in [6, 6.07) is 21.1. The SMILES string of the molecule is Nc1ncnc2c1c(-c1ccc(Oc3ccccc3)cc1)nn2[C@@H]1CCCN(C(=O)COCCOCCOCCOCCSc2cccc3c2C(=O)N(C2CCC(=O)NC2=O)C3=O)C1. The summed E-state index contributed by atoms with van der Waals surface area (Å²) in [5, 5.41) is 7.86. The smallest absolute Gasteiger partial charge is 0.263 e. The number of carbonyl (C=O) groups is 5. The maximum atomic E-state index is 13.3. The van der Waals surface area contributed by atoms with Crippen molar-refractivity contribution < 1.29 is 47.7 Å². The summed E-state index contributed by atoms with van der Waals surface area (Å²) in [6.07, 6.45) is 3.20. The molecule has 2 aromatic heterocycles. The Labute approximate surface area is 372 Å². The van der Waals surface area contributed by atoms with E-state index in [2.05, 4.69) is 15.3 Å². The number of anilines is 1. The minimum absolute atomic E-state index is 0.0633. The van der Waals surface area contributed by atoms with Crippen LogP contribution in [0.5, 0.6) is 11.5 Å². The van der Waals surface area contributed by atoms with E-state index >= 15 is 0 Å². The highest BCUT2D eigenvalue weighted by Gasteiger charge is 2.45. The number of imide groups is 2. The summed E-state index contributed by atoms with van der Waals surface area (Å²) in [5.74, 6) is 0.0466. The van der Waals surface area contributed by atoms with Crippen LogP contribution in [-0.4, -0.2) is 137 Å². The van der Waals surface area contributed by atoms with E-state index in [1.54, 1.807) is 23.1 Å². The average Bonchev–Trinajstić information content (AvgIpc) is 3.82. The second-order valence-electron chi connectivity index (χ2n) is 15.2. The number of carbonyl (C=O) groups excluding carboxylic acids is 5. The van der Waals surface area contributed by atoms with Crippen LogP contribution >= 0.6 is 11.8 Å². The van der Waals surface area contributed by atoms with E-state index in [0.717, 1.165) is 29.1 Å². The van der Waals surface area contributed by atoms with Gasteiger partial charge in [-0.25, -0.2) is 14.6 Å². The van der Waals surface area contributed by atoms with Crippen molar-refractivity contribution in [3.8, 4) is 22.8 Å². The monoisotopic (exact) mass is 892 g/mol. The van der Waals surface area contributed by atoms with Crippen LogP contribution in [0.1, 0.15) is 52.4 Å². The summed E-state index contributed by atoms with van der Waals surface area (Å²) in [6.45, 7) is 3.36. The van der Waals surface area contributed by atoms with Crippen LogP contribution in [-0.2, 0) is 33.3 Å². The lowest BCUT2D eigenvalue weighted by atomic mass is 10.0. The molecule has 0 saturated carbocycles. The van der Waals surface area contributed by atoms with E-state index in [4.69, 9.17) is 34.5 Å². The van der Waals surface area contributed by atoms with Gasteiger partial charge in [-0.2, -0.15) is 5.10 Å². The van der Waals surface area contributed by atoms with Gasteiger partial charge in [0, 0.05) is 35.7 Å². The number of amides is 5. The number of hydrogen-bond acceptors (Lipinski definition) is 15. The zero-order chi connectivity index (χ0) is 44.4. The summed E-state index contributed by atoms with van der Waals surface area (Å²) in [4.78, 5) is 75.7. The molecule has 19 heteroatoms. The van der Waals surface area contributed by atoms with E-state index in [1.807, 2.05) is 59.3 Å². The molecule has 64 heavy (non-hydrogen) atoms. The molecule has 3 aromatic carbocycles. The highest BCUT2D eigenvalue weighted by molar-refractivity contribution is 7.99. The van der Waals surface area contributed by atoms with Crippen molar-refractivity contribution in [3.05, 3.63) is 90.3 Å². The van der Waals surface area contributed by atoms with Gasteiger partial charge in [-0.05, 0) is 67.8 Å². The lowest BCUT2D eigenvalue weighted by Gasteiger charge is -2.33. The van der Waals surface area contributed by atoms with Crippen molar-refractivity contribution in [2.45, 2.75) is 42.7 Å². The number of nitrogen functional groups attached to an aromatic ring is 1. The summed E-state index contributed by atoms with van der Waals surface area (Å²) < 4.78 is 30.4. The molecule has 2 saturated heterocycles. The van der Waals surface area contributed by atoms with Gasteiger partial charge in [0.1, 0.15) is 42.0 Å². The van der Waals surface area contributed by atoms with Crippen molar-refractivity contribution in [1.82, 2.24) is 34.9 Å². The van der Waals surface area contributed by atoms with Gasteiger partial charge >= 0.3 is 0 Å². The van der Waals surface area contributed by atoms with Gasteiger partial charge in [0.2, 0.25) is 17.7 Å². The highest BCUT2D eigenvalue weighted by Crippen LogP contribution is 2.36. The van der Waals surface area contributed by atoms with E-state index in [0.29, 0.717) is 91.7 Å². The van der Waals surface area contributed by atoms with Crippen molar-refractivity contribution in [2.24, 2.45) is 0 Å². The molecule has 3 N–H and O–H groups in total. The standard InChI is InChI=1S/C45H48N8O10S/c46-41-39-40(29-11-13-32(14-12-29)63-31-7-2-1-3-8-31)50-53(42(39)48-28-47-41)30-6-5-17-51(26-30)37(55)27-62-23-22-60-19-18-59-20-21-61-24-25-64-35-10-4-9-33-38(35)45(58)52(44(33)57)34-15-16-36(54)49-43(34)56/h1-4,7-14,28,30,34H,5-6,15-27H2,(H2,46,47,48)(H,49,54,56)/t30-,34?/m1/s1. The Bertz CT molecular complexity index is 2490. The zero-order valence-electron chi connectivity index (χ0n) is 35.0. The molecule has 8 rings (SSSR count). The van der Waals surface area contributed by atoms with Crippen molar-refractivity contribution in [2.75, 3.05) is 77.4 Å². The maximum absolute atomic E-state index is 13.3. The molecule has 5 heterocycles. The largest absolute Gasteiger partial charge is 0.457 e. The number of nitrogens with two attached hydrogens (primary N) is 1.